The molecule has 0 aliphatic carbocycles. The Morgan fingerprint density at radius 2 is 2.24 bits per heavy atom. The van der Waals surface area contributed by atoms with Crippen molar-refractivity contribution < 1.29 is 14.8 Å². The summed E-state index contributed by atoms with van der Waals surface area (Å²) in [5.74, 6) is -0.526. The lowest BCUT2D eigenvalue weighted by atomic mass is 10.1. The minimum absolute atomic E-state index is 0.329. The van der Waals surface area contributed by atoms with Crippen LogP contribution >= 0.6 is 0 Å². The van der Waals surface area contributed by atoms with Gasteiger partial charge < -0.3 is 14.6 Å². The van der Waals surface area contributed by atoms with E-state index in [4.69, 9.17) is 5.11 Å². The number of hydrogen-bond acceptors (Lipinski definition) is 5. The van der Waals surface area contributed by atoms with Crippen LogP contribution in [0.2, 0.25) is 0 Å². The standard InChI is InChI=1S/C13H14N4O4/c1-15-6-5-14-12(15)8-16(2)9-3-4-11(17(20)21)10(7-9)13(18)19/h3-7H,8H2,1-2H3,(H,18,19). The van der Waals surface area contributed by atoms with Gasteiger partial charge in [0.1, 0.15) is 11.4 Å². The maximum Gasteiger partial charge on any atom is 0.342 e. The molecule has 0 fully saturated rings. The molecule has 0 unspecified atom stereocenters. The number of carbonyl (C=O) groups is 1. The molecule has 8 heteroatoms. The third-order valence-electron chi connectivity index (χ3n) is 3.15. The fourth-order valence-corrected chi connectivity index (χ4v) is 1.94. The zero-order valence-corrected chi connectivity index (χ0v) is 11.6. The van der Waals surface area contributed by atoms with Crippen molar-refractivity contribution in [3.05, 3.63) is 52.1 Å². The number of imidazole rings is 1. The molecule has 0 amide bonds. The third kappa shape index (κ3) is 2.99. The molecule has 1 aromatic heterocycles. The van der Waals surface area contributed by atoms with Gasteiger partial charge in [-0.05, 0) is 12.1 Å². The molecule has 1 heterocycles. The molecule has 1 N–H and O–H groups in total. The van der Waals surface area contributed by atoms with Gasteiger partial charge >= 0.3 is 5.97 Å². The molecule has 0 aliphatic rings. The number of carboxylic acids is 1. The number of rotatable bonds is 5. The van der Waals surface area contributed by atoms with E-state index in [1.54, 1.807) is 18.1 Å². The number of hydrogen-bond donors (Lipinski definition) is 1. The molecule has 0 bridgehead atoms. The Morgan fingerprint density at radius 3 is 2.76 bits per heavy atom. The fraction of sp³-hybridized carbons (Fsp3) is 0.231. The van der Waals surface area contributed by atoms with E-state index in [1.165, 1.54) is 18.2 Å². The number of anilines is 1. The van der Waals surface area contributed by atoms with E-state index < -0.39 is 16.6 Å². The fourth-order valence-electron chi connectivity index (χ4n) is 1.94. The van der Waals surface area contributed by atoms with E-state index in [2.05, 4.69) is 4.98 Å². The Bertz CT molecular complexity index is 695. The molecule has 0 saturated heterocycles. The summed E-state index contributed by atoms with van der Waals surface area (Å²) in [5.41, 5.74) is -0.179. The van der Waals surface area contributed by atoms with Gasteiger partial charge in [-0.3, -0.25) is 10.1 Å². The van der Waals surface area contributed by atoms with Gasteiger partial charge in [0.05, 0.1) is 11.5 Å². The van der Waals surface area contributed by atoms with E-state index in [9.17, 15) is 14.9 Å². The number of aromatic nitrogens is 2. The summed E-state index contributed by atoms with van der Waals surface area (Å²) in [7, 11) is 3.62. The Labute approximate surface area is 120 Å². The normalized spacial score (nSPS) is 10.4. The first-order valence-electron chi connectivity index (χ1n) is 6.09. The molecular weight excluding hydrogens is 276 g/mol. The van der Waals surface area contributed by atoms with Crippen LogP contribution in [0.25, 0.3) is 0 Å². The first-order valence-corrected chi connectivity index (χ1v) is 6.09. The molecule has 21 heavy (non-hydrogen) atoms. The molecule has 0 spiro atoms. The molecule has 0 aliphatic heterocycles. The summed E-state index contributed by atoms with van der Waals surface area (Å²) in [6.07, 6.45) is 3.48. The summed E-state index contributed by atoms with van der Waals surface area (Å²) in [4.78, 5) is 27.2. The lowest BCUT2D eigenvalue weighted by molar-refractivity contribution is -0.385. The maximum absolute atomic E-state index is 11.1. The highest BCUT2D eigenvalue weighted by molar-refractivity contribution is 5.93. The van der Waals surface area contributed by atoms with Crippen molar-refractivity contribution in [1.29, 1.82) is 0 Å². The van der Waals surface area contributed by atoms with Crippen LogP contribution in [0.4, 0.5) is 11.4 Å². The van der Waals surface area contributed by atoms with Gasteiger partial charge in [0.15, 0.2) is 0 Å². The minimum atomic E-state index is -1.33. The Balaban J connectivity index is 2.32. The summed E-state index contributed by atoms with van der Waals surface area (Å²) in [5, 5.41) is 19.9. The van der Waals surface area contributed by atoms with Gasteiger partial charge in [0.2, 0.25) is 0 Å². The zero-order valence-electron chi connectivity index (χ0n) is 11.6. The number of carboxylic acid groups (broad SMARTS) is 1. The van der Waals surface area contributed by atoms with Crippen molar-refractivity contribution in [3.8, 4) is 0 Å². The zero-order chi connectivity index (χ0) is 15.6. The Hall–Kier alpha value is -2.90. The van der Waals surface area contributed by atoms with Crippen LogP contribution in [0.1, 0.15) is 16.2 Å². The van der Waals surface area contributed by atoms with Crippen LogP contribution in [-0.4, -0.2) is 32.6 Å². The number of aromatic carboxylic acids is 1. The molecule has 2 rings (SSSR count). The summed E-state index contributed by atoms with van der Waals surface area (Å²) in [6.45, 7) is 0.459. The average Bonchev–Trinajstić information content (AvgIpc) is 2.83. The highest BCUT2D eigenvalue weighted by Gasteiger charge is 2.21. The van der Waals surface area contributed by atoms with Crippen molar-refractivity contribution in [1.82, 2.24) is 9.55 Å². The van der Waals surface area contributed by atoms with Crippen molar-refractivity contribution in [3.63, 3.8) is 0 Å². The van der Waals surface area contributed by atoms with Crippen molar-refractivity contribution in [2.24, 2.45) is 7.05 Å². The molecule has 0 atom stereocenters. The number of benzene rings is 1. The Kier molecular flexibility index (Phi) is 3.88. The smallest absolute Gasteiger partial charge is 0.342 e. The van der Waals surface area contributed by atoms with Gasteiger partial charge in [-0.1, -0.05) is 0 Å². The van der Waals surface area contributed by atoms with Crippen molar-refractivity contribution in [2.45, 2.75) is 6.54 Å². The first-order chi connectivity index (χ1) is 9.90. The monoisotopic (exact) mass is 290 g/mol. The second kappa shape index (κ2) is 5.61. The van der Waals surface area contributed by atoms with Crippen molar-refractivity contribution in [2.75, 3.05) is 11.9 Å². The SMILES string of the molecule is CN(Cc1nccn1C)c1ccc([N+](=O)[O-])c(C(=O)O)c1. The van der Waals surface area contributed by atoms with Gasteiger partial charge in [0, 0.05) is 38.2 Å². The quantitative estimate of drug-likeness (QED) is 0.663. The van der Waals surface area contributed by atoms with Gasteiger partial charge in [-0.15, -0.1) is 0 Å². The molecule has 2 aromatic rings. The molecule has 8 nitrogen and oxygen atoms in total. The molecule has 110 valence electrons. The van der Waals surface area contributed by atoms with Crippen LogP contribution < -0.4 is 4.90 Å². The molecule has 0 radical (unpaired) electrons. The summed E-state index contributed by atoms with van der Waals surface area (Å²) in [6, 6.07) is 4.02. The predicted molar refractivity (Wildman–Crippen MR) is 75.4 cm³/mol. The number of nitro benzene ring substituents is 1. The van der Waals surface area contributed by atoms with Crippen molar-refractivity contribution >= 4 is 17.3 Å². The highest BCUT2D eigenvalue weighted by atomic mass is 16.6. The number of nitrogens with zero attached hydrogens (tertiary/aromatic N) is 4. The van der Waals surface area contributed by atoms with E-state index in [0.717, 1.165) is 5.82 Å². The summed E-state index contributed by atoms with van der Waals surface area (Å²) < 4.78 is 1.85. The van der Waals surface area contributed by atoms with E-state index in [-0.39, 0.29) is 5.56 Å². The highest BCUT2D eigenvalue weighted by Crippen LogP contribution is 2.25. The van der Waals surface area contributed by atoms with E-state index >= 15 is 0 Å². The van der Waals surface area contributed by atoms with E-state index in [0.29, 0.717) is 12.2 Å². The molecular formula is C13H14N4O4. The van der Waals surface area contributed by atoms with Gasteiger partial charge in [-0.25, -0.2) is 9.78 Å². The molecule has 0 saturated carbocycles. The topological polar surface area (TPSA) is 102 Å². The van der Waals surface area contributed by atoms with Crippen LogP contribution in [0.15, 0.2) is 30.6 Å². The van der Waals surface area contributed by atoms with Gasteiger partial charge in [0.25, 0.3) is 5.69 Å². The van der Waals surface area contributed by atoms with Crippen LogP contribution in [0, 0.1) is 10.1 Å². The second-order valence-corrected chi connectivity index (χ2v) is 4.57. The predicted octanol–water partition coefficient (Wildman–Crippen LogP) is 1.66. The Morgan fingerprint density at radius 1 is 1.52 bits per heavy atom. The van der Waals surface area contributed by atoms with Gasteiger partial charge in [-0.2, -0.15) is 0 Å². The summed E-state index contributed by atoms with van der Waals surface area (Å²) >= 11 is 0. The van der Waals surface area contributed by atoms with Crippen LogP contribution in [-0.2, 0) is 13.6 Å². The lowest BCUT2D eigenvalue weighted by Gasteiger charge is -2.19. The van der Waals surface area contributed by atoms with E-state index in [1.807, 2.05) is 17.8 Å². The first kappa shape index (κ1) is 14.5. The lowest BCUT2D eigenvalue weighted by Crippen LogP contribution is -2.19. The number of aryl methyl sites for hydroxylation is 1. The number of nitro groups is 1. The largest absolute Gasteiger partial charge is 0.477 e. The minimum Gasteiger partial charge on any atom is -0.477 e. The average molecular weight is 290 g/mol. The second-order valence-electron chi connectivity index (χ2n) is 4.57. The third-order valence-corrected chi connectivity index (χ3v) is 3.15. The maximum atomic E-state index is 11.1. The van der Waals surface area contributed by atoms with Crippen LogP contribution in [0.3, 0.4) is 0 Å². The van der Waals surface area contributed by atoms with Crippen LogP contribution in [0.5, 0.6) is 0 Å². The molecule has 1 aromatic carbocycles.